The summed E-state index contributed by atoms with van der Waals surface area (Å²) in [6.07, 6.45) is -1.46. The van der Waals surface area contributed by atoms with E-state index in [4.69, 9.17) is 0 Å². The van der Waals surface area contributed by atoms with Crippen LogP contribution in [0.4, 0.5) is 34.9 Å². The lowest BCUT2D eigenvalue weighted by molar-refractivity contribution is 0.0129. The zero-order chi connectivity index (χ0) is 21.9. The average molecular weight is 420 g/mol. The van der Waals surface area contributed by atoms with Crippen LogP contribution in [0.15, 0.2) is 42.6 Å². The van der Waals surface area contributed by atoms with E-state index in [-0.39, 0.29) is 29.1 Å². The fourth-order valence-corrected chi connectivity index (χ4v) is 2.59. The van der Waals surface area contributed by atoms with Gasteiger partial charge >= 0.3 is 0 Å². The summed E-state index contributed by atoms with van der Waals surface area (Å²) in [5, 5.41) is 6.04. The van der Waals surface area contributed by atoms with Crippen molar-refractivity contribution in [3.05, 3.63) is 54.0 Å². The number of aromatic nitrogens is 4. The Bertz CT molecular complexity index is 1020. The average Bonchev–Trinajstić information content (AvgIpc) is 2.67. The van der Waals surface area contributed by atoms with Gasteiger partial charge in [-0.3, -0.25) is 4.98 Å². The summed E-state index contributed by atoms with van der Waals surface area (Å²) in [5.41, 5.74) is -0.278. The molecule has 0 amide bonds. The number of rotatable bonds is 7. The van der Waals surface area contributed by atoms with E-state index in [2.05, 4.69) is 30.6 Å². The SMILES string of the molecule is CC(C)Nc1cc(Nc2ccnc(C(F)F)c2)nc(-c2cccc(C(C)(F)F)n2)n1. The molecule has 3 heterocycles. The predicted molar refractivity (Wildman–Crippen MR) is 106 cm³/mol. The molecule has 0 aliphatic carbocycles. The Balaban J connectivity index is 2.02. The smallest absolute Gasteiger partial charge is 0.286 e. The lowest BCUT2D eigenvalue weighted by atomic mass is 10.2. The Hall–Kier alpha value is -3.30. The maximum Gasteiger partial charge on any atom is 0.286 e. The van der Waals surface area contributed by atoms with Crippen molar-refractivity contribution in [1.82, 2.24) is 19.9 Å². The molecule has 0 fully saturated rings. The summed E-state index contributed by atoms with van der Waals surface area (Å²) in [6, 6.07) is 8.54. The topological polar surface area (TPSA) is 75.6 Å². The second kappa shape index (κ2) is 8.60. The van der Waals surface area contributed by atoms with Gasteiger partial charge in [0.1, 0.15) is 28.7 Å². The number of halogens is 4. The van der Waals surface area contributed by atoms with Crippen LogP contribution in [0.1, 0.15) is 38.6 Å². The van der Waals surface area contributed by atoms with E-state index in [1.807, 2.05) is 13.8 Å². The molecule has 0 bridgehead atoms. The third-order valence-corrected chi connectivity index (χ3v) is 3.87. The highest BCUT2D eigenvalue weighted by atomic mass is 19.3. The van der Waals surface area contributed by atoms with Crippen molar-refractivity contribution >= 4 is 17.3 Å². The summed E-state index contributed by atoms with van der Waals surface area (Å²) >= 11 is 0. The van der Waals surface area contributed by atoms with Gasteiger partial charge in [-0.15, -0.1) is 0 Å². The van der Waals surface area contributed by atoms with Crippen LogP contribution in [0.3, 0.4) is 0 Å². The van der Waals surface area contributed by atoms with Gasteiger partial charge in [0, 0.05) is 30.9 Å². The van der Waals surface area contributed by atoms with Gasteiger partial charge in [0.25, 0.3) is 12.3 Å². The van der Waals surface area contributed by atoms with Gasteiger partial charge < -0.3 is 10.6 Å². The van der Waals surface area contributed by atoms with Crippen molar-refractivity contribution in [3.8, 4) is 11.5 Å². The molecule has 0 radical (unpaired) electrons. The van der Waals surface area contributed by atoms with Gasteiger partial charge in [0.15, 0.2) is 5.82 Å². The van der Waals surface area contributed by atoms with Crippen LogP contribution in [0.2, 0.25) is 0 Å². The van der Waals surface area contributed by atoms with Crippen molar-refractivity contribution < 1.29 is 17.6 Å². The lowest BCUT2D eigenvalue weighted by Crippen LogP contribution is -2.13. The number of alkyl halides is 4. The molecule has 10 heteroatoms. The molecule has 0 aromatic carbocycles. The lowest BCUT2D eigenvalue weighted by Gasteiger charge is -2.14. The van der Waals surface area contributed by atoms with Gasteiger partial charge in [-0.2, -0.15) is 8.78 Å². The first-order valence-corrected chi connectivity index (χ1v) is 9.14. The van der Waals surface area contributed by atoms with Crippen LogP contribution in [-0.4, -0.2) is 26.0 Å². The standard InChI is InChI=1S/C20H20F4N6/c1-11(2)26-16-10-17(27-12-7-8-25-14(9-12)18(21)22)30-19(29-16)13-5-4-6-15(28-13)20(3,23)24/h4-11,18H,1-3H3,(H2,25,26,27,29,30). The third-order valence-electron chi connectivity index (χ3n) is 3.87. The molecule has 158 valence electrons. The number of hydrogen-bond donors (Lipinski definition) is 2. The van der Waals surface area contributed by atoms with Gasteiger partial charge in [0.05, 0.1) is 0 Å². The predicted octanol–water partition coefficient (Wildman–Crippen LogP) is 5.55. The number of anilines is 3. The van der Waals surface area contributed by atoms with Gasteiger partial charge in [-0.05, 0) is 38.1 Å². The van der Waals surface area contributed by atoms with Crippen molar-refractivity contribution in [1.29, 1.82) is 0 Å². The van der Waals surface area contributed by atoms with E-state index in [0.29, 0.717) is 11.5 Å². The van der Waals surface area contributed by atoms with Gasteiger partial charge in [-0.1, -0.05) is 6.07 Å². The highest BCUT2D eigenvalue weighted by molar-refractivity contribution is 5.63. The largest absolute Gasteiger partial charge is 0.368 e. The zero-order valence-corrected chi connectivity index (χ0v) is 16.5. The molecule has 3 rings (SSSR count). The molecule has 0 atom stereocenters. The summed E-state index contributed by atoms with van der Waals surface area (Å²) in [7, 11) is 0. The molecule has 0 saturated carbocycles. The summed E-state index contributed by atoms with van der Waals surface area (Å²) in [4.78, 5) is 16.3. The highest BCUT2D eigenvalue weighted by Crippen LogP contribution is 2.28. The van der Waals surface area contributed by atoms with E-state index in [0.717, 1.165) is 6.92 Å². The van der Waals surface area contributed by atoms with Crippen molar-refractivity contribution in [2.45, 2.75) is 39.2 Å². The first kappa shape index (κ1) is 21.4. The van der Waals surface area contributed by atoms with E-state index in [9.17, 15) is 17.6 Å². The molecule has 0 aliphatic heterocycles. The Morgan fingerprint density at radius 1 is 0.967 bits per heavy atom. The molecule has 0 unspecified atom stereocenters. The van der Waals surface area contributed by atoms with E-state index in [1.54, 1.807) is 6.07 Å². The van der Waals surface area contributed by atoms with E-state index in [1.165, 1.54) is 36.5 Å². The minimum atomic E-state index is -3.12. The minimum absolute atomic E-state index is 0.0335. The molecule has 0 saturated heterocycles. The summed E-state index contributed by atoms with van der Waals surface area (Å²) < 4.78 is 53.2. The second-order valence-electron chi connectivity index (χ2n) is 6.95. The molecular formula is C20H20F4N6. The van der Waals surface area contributed by atoms with Crippen molar-refractivity contribution in [2.24, 2.45) is 0 Å². The molecule has 6 nitrogen and oxygen atoms in total. The van der Waals surface area contributed by atoms with E-state index >= 15 is 0 Å². The van der Waals surface area contributed by atoms with E-state index < -0.39 is 18.0 Å². The molecule has 3 aromatic heterocycles. The van der Waals surface area contributed by atoms with Gasteiger partial charge in [-0.25, -0.2) is 23.7 Å². The maximum atomic E-state index is 13.7. The van der Waals surface area contributed by atoms with Gasteiger partial charge in [0.2, 0.25) is 0 Å². The maximum absolute atomic E-state index is 13.7. The Labute approximate surface area is 170 Å². The van der Waals surface area contributed by atoms with Crippen LogP contribution >= 0.6 is 0 Å². The monoisotopic (exact) mass is 420 g/mol. The highest BCUT2D eigenvalue weighted by Gasteiger charge is 2.26. The normalized spacial score (nSPS) is 11.8. The molecule has 3 aromatic rings. The third kappa shape index (κ3) is 5.40. The molecular weight excluding hydrogens is 400 g/mol. The fourth-order valence-electron chi connectivity index (χ4n) is 2.59. The molecule has 2 N–H and O–H groups in total. The van der Waals surface area contributed by atoms with Crippen LogP contribution in [0, 0.1) is 0 Å². The summed E-state index contributed by atoms with van der Waals surface area (Å²) in [5.74, 6) is -2.30. The van der Waals surface area contributed by atoms with Crippen LogP contribution in [-0.2, 0) is 5.92 Å². The van der Waals surface area contributed by atoms with Crippen LogP contribution < -0.4 is 10.6 Å². The second-order valence-corrected chi connectivity index (χ2v) is 6.95. The quantitative estimate of drug-likeness (QED) is 0.489. The molecule has 0 aliphatic rings. The Morgan fingerprint density at radius 2 is 1.70 bits per heavy atom. The first-order chi connectivity index (χ1) is 14.1. The fraction of sp³-hybridized carbons (Fsp3) is 0.300. The first-order valence-electron chi connectivity index (χ1n) is 9.14. The molecule has 0 spiro atoms. The zero-order valence-electron chi connectivity index (χ0n) is 16.5. The number of hydrogen-bond acceptors (Lipinski definition) is 6. The number of nitrogens with one attached hydrogen (secondary N) is 2. The molecule has 30 heavy (non-hydrogen) atoms. The van der Waals surface area contributed by atoms with Crippen LogP contribution in [0.5, 0.6) is 0 Å². The van der Waals surface area contributed by atoms with Crippen LogP contribution in [0.25, 0.3) is 11.5 Å². The Morgan fingerprint density at radius 3 is 2.37 bits per heavy atom. The Kier molecular flexibility index (Phi) is 6.14. The van der Waals surface area contributed by atoms with Crippen molar-refractivity contribution in [3.63, 3.8) is 0 Å². The number of nitrogens with zero attached hydrogens (tertiary/aromatic N) is 4. The number of pyridine rings is 2. The minimum Gasteiger partial charge on any atom is -0.368 e. The summed E-state index contributed by atoms with van der Waals surface area (Å²) in [6.45, 7) is 4.57. The van der Waals surface area contributed by atoms with Crippen molar-refractivity contribution in [2.75, 3.05) is 10.6 Å².